The molecule has 3 nitrogen and oxygen atoms in total. The number of nitrogens with zero attached hydrogens (tertiary/aromatic N) is 1. The summed E-state index contributed by atoms with van der Waals surface area (Å²) in [5, 5.41) is 9.22. The Kier molecular flexibility index (Phi) is 7.82. The zero-order chi connectivity index (χ0) is 12.5. The molecular formula is C14H30N2O. The van der Waals surface area contributed by atoms with Gasteiger partial charge in [0.15, 0.2) is 0 Å². The predicted molar refractivity (Wildman–Crippen MR) is 73.0 cm³/mol. The van der Waals surface area contributed by atoms with E-state index in [2.05, 4.69) is 11.8 Å². The smallest absolute Gasteiger partial charge is 0.0558 e. The molecule has 0 radical (unpaired) electrons. The van der Waals surface area contributed by atoms with E-state index in [0.717, 1.165) is 19.6 Å². The van der Waals surface area contributed by atoms with Gasteiger partial charge in [0.1, 0.15) is 0 Å². The number of unbranched alkanes of at least 4 members (excludes halogenated alkanes) is 1. The number of aliphatic hydroxyl groups excluding tert-OH is 1. The number of aliphatic hydroxyl groups is 1. The van der Waals surface area contributed by atoms with E-state index in [1.807, 2.05) is 0 Å². The molecule has 1 fully saturated rings. The zero-order valence-electron chi connectivity index (χ0n) is 11.4. The SMILES string of the molecule is CCCCN(CCO)C1CCCCCC1CN. The largest absolute Gasteiger partial charge is 0.395 e. The van der Waals surface area contributed by atoms with Gasteiger partial charge in [-0.15, -0.1) is 0 Å². The summed E-state index contributed by atoms with van der Waals surface area (Å²) in [5.74, 6) is 0.640. The van der Waals surface area contributed by atoms with Gasteiger partial charge in [-0.1, -0.05) is 32.6 Å². The third-order valence-electron chi connectivity index (χ3n) is 4.08. The van der Waals surface area contributed by atoms with Gasteiger partial charge in [0.25, 0.3) is 0 Å². The maximum atomic E-state index is 9.22. The molecule has 0 heterocycles. The Morgan fingerprint density at radius 1 is 1.18 bits per heavy atom. The second kappa shape index (κ2) is 8.90. The van der Waals surface area contributed by atoms with Crippen molar-refractivity contribution in [3.8, 4) is 0 Å². The molecule has 2 atom stereocenters. The Hall–Kier alpha value is -0.120. The first-order valence-corrected chi connectivity index (χ1v) is 7.38. The normalized spacial score (nSPS) is 26.1. The second-order valence-corrected chi connectivity index (χ2v) is 5.31. The first-order chi connectivity index (χ1) is 8.33. The van der Waals surface area contributed by atoms with Gasteiger partial charge in [-0.25, -0.2) is 0 Å². The number of hydrogen-bond donors (Lipinski definition) is 2. The van der Waals surface area contributed by atoms with E-state index in [-0.39, 0.29) is 6.61 Å². The molecule has 102 valence electrons. The van der Waals surface area contributed by atoms with Gasteiger partial charge in [0.2, 0.25) is 0 Å². The number of hydrogen-bond acceptors (Lipinski definition) is 3. The van der Waals surface area contributed by atoms with Gasteiger partial charge in [-0.2, -0.15) is 0 Å². The quantitative estimate of drug-likeness (QED) is 0.671. The topological polar surface area (TPSA) is 49.5 Å². The highest BCUT2D eigenvalue weighted by Crippen LogP contribution is 2.27. The fraction of sp³-hybridized carbons (Fsp3) is 1.00. The van der Waals surface area contributed by atoms with E-state index in [1.165, 1.54) is 44.9 Å². The summed E-state index contributed by atoms with van der Waals surface area (Å²) in [6, 6.07) is 0.612. The second-order valence-electron chi connectivity index (χ2n) is 5.31. The average Bonchev–Trinajstić information content (AvgIpc) is 2.59. The lowest BCUT2D eigenvalue weighted by atomic mass is 9.93. The van der Waals surface area contributed by atoms with Crippen LogP contribution in [0.4, 0.5) is 0 Å². The van der Waals surface area contributed by atoms with Gasteiger partial charge >= 0.3 is 0 Å². The summed E-state index contributed by atoms with van der Waals surface area (Å²) >= 11 is 0. The third kappa shape index (κ3) is 4.94. The van der Waals surface area contributed by atoms with Gasteiger partial charge in [0, 0.05) is 12.6 Å². The summed E-state index contributed by atoms with van der Waals surface area (Å²) < 4.78 is 0. The van der Waals surface area contributed by atoms with Crippen molar-refractivity contribution < 1.29 is 5.11 Å². The lowest BCUT2D eigenvalue weighted by Gasteiger charge is -2.35. The predicted octanol–water partition coefficient (Wildman–Crippen LogP) is 1.99. The Bertz CT molecular complexity index is 187. The van der Waals surface area contributed by atoms with Gasteiger partial charge < -0.3 is 10.8 Å². The highest BCUT2D eigenvalue weighted by atomic mass is 16.3. The summed E-state index contributed by atoms with van der Waals surface area (Å²) in [5.41, 5.74) is 5.94. The molecule has 1 rings (SSSR count). The van der Waals surface area contributed by atoms with Crippen LogP contribution in [-0.2, 0) is 0 Å². The van der Waals surface area contributed by atoms with Crippen LogP contribution < -0.4 is 5.73 Å². The Morgan fingerprint density at radius 3 is 2.59 bits per heavy atom. The molecule has 1 aliphatic carbocycles. The summed E-state index contributed by atoms with van der Waals surface area (Å²) in [6.07, 6.45) is 9.01. The van der Waals surface area contributed by atoms with Crippen LogP contribution in [0, 0.1) is 5.92 Å². The van der Waals surface area contributed by atoms with E-state index >= 15 is 0 Å². The fourth-order valence-electron chi connectivity index (χ4n) is 3.05. The molecular weight excluding hydrogens is 212 g/mol. The van der Waals surface area contributed by atoms with Crippen molar-refractivity contribution in [3.63, 3.8) is 0 Å². The molecule has 2 unspecified atom stereocenters. The summed E-state index contributed by atoms with van der Waals surface area (Å²) in [6.45, 7) is 5.25. The Balaban J connectivity index is 2.58. The van der Waals surface area contributed by atoms with Gasteiger partial charge in [-0.05, 0) is 38.3 Å². The molecule has 3 heteroatoms. The Morgan fingerprint density at radius 2 is 1.94 bits per heavy atom. The third-order valence-corrected chi connectivity index (χ3v) is 4.08. The molecule has 0 aromatic heterocycles. The van der Waals surface area contributed by atoms with E-state index in [0.29, 0.717) is 12.0 Å². The van der Waals surface area contributed by atoms with Crippen LogP contribution in [0.25, 0.3) is 0 Å². The van der Waals surface area contributed by atoms with Crippen molar-refractivity contribution in [2.24, 2.45) is 11.7 Å². The minimum atomic E-state index is 0.275. The van der Waals surface area contributed by atoms with Crippen molar-refractivity contribution in [1.82, 2.24) is 4.90 Å². The minimum Gasteiger partial charge on any atom is -0.395 e. The molecule has 0 saturated heterocycles. The summed E-state index contributed by atoms with van der Waals surface area (Å²) in [4.78, 5) is 2.49. The minimum absolute atomic E-state index is 0.275. The van der Waals surface area contributed by atoms with Crippen molar-refractivity contribution in [2.75, 3.05) is 26.2 Å². The number of nitrogens with two attached hydrogens (primary N) is 1. The van der Waals surface area contributed by atoms with Crippen LogP contribution >= 0.6 is 0 Å². The van der Waals surface area contributed by atoms with Crippen molar-refractivity contribution in [1.29, 1.82) is 0 Å². The van der Waals surface area contributed by atoms with Crippen molar-refractivity contribution >= 4 is 0 Å². The van der Waals surface area contributed by atoms with Crippen LogP contribution in [0.5, 0.6) is 0 Å². The standard InChI is InChI=1S/C14H30N2O/c1-2-3-9-16(10-11-17)14-8-6-4-5-7-13(14)12-15/h13-14,17H,2-12,15H2,1H3. The molecule has 0 spiro atoms. The maximum Gasteiger partial charge on any atom is 0.0558 e. The molecule has 3 N–H and O–H groups in total. The van der Waals surface area contributed by atoms with E-state index in [4.69, 9.17) is 5.73 Å². The molecule has 0 bridgehead atoms. The maximum absolute atomic E-state index is 9.22. The van der Waals surface area contributed by atoms with Crippen molar-refractivity contribution in [3.05, 3.63) is 0 Å². The first kappa shape index (κ1) is 14.9. The molecule has 0 aliphatic heterocycles. The van der Waals surface area contributed by atoms with E-state index < -0.39 is 0 Å². The molecule has 17 heavy (non-hydrogen) atoms. The van der Waals surface area contributed by atoms with Crippen molar-refractivity contribution in [2.45, 2.75) is 57.9 Å². The van der Waals surface area contributed by atoms with Crippen LogP contribution in [0.1, 0.15) is 51.9 Å². The summed E-state index contributed by atoms with van der Waals surface area (Å²) in [7, 11) is 0. The molecule has 1 saturated carbocycles. The van der Waals surface area contributed by atoms with E-state index in [1.54, 1.807) is 0 Å². The molecule has 0 aromatic carbocycles. The van der Waals surface area contributed by atoms with Crippen LogP contribution in [0.3, 0.4) is 0 Å². The first-order valence-electron chi connectivity index (χ1n) is 7.38. The van der Waals surface area contributed by atoms with Crippen LogP contribution in [0.15, 0.2) is 0 Å². The average molecular weight is 242 g/mol. The molecule has 0 amide bonds. The highest BCUT2D eigenvalue weighted by molar-refractivity contribution is 4.82. The fourth-order valence-corrected chi connectivity index (χ4v) is 3.05. The lowest BCUT2D eigenvalue weighted by Crippen LogP contribution is -2.44. The van der Waals surface area contributed by atoms with Gasteiger partial charge in [-0.3, -0.25) is 4.90 Å². The molecule has 0 aromatic rings. The highest BCUT2D eigenvalue weighted by Gasteiger charge is 2.27. The van der Waals surface area contributed by atoms with Gasteiger partial charge in [0.05, 0.1) is 6.61 Å². The Labute approximate surface area is 106 Å². The zero-order valence-corrected chi connectivity index (χ0v) is 11.4. The van der Waals surface area contributed by atoms with Crippen LogP contribution in [-0.4, -0.2) is 42.3 Å². The monoisotopic (exact) mass is 242 g/mol. The number of rotatable bonds is 7. The molecule has 1 aliphatic rings. The lowest BCUT2D eigenvalue weighted by molar-refractivity contribution is 0.106. The van der Waals surface area contributed by atoms with Crippen LogP contribution in [0.2, 0.25) is 0 Å². The van der Waals surface area contributed by atoms with E-state index in [9.17, 15) is 5.11 Å².